The molecule has 1 amide bonds. The van der Waals surface area contributed by atoms with E-state index >= 15 is 0 Å². The molecule has 1 aromatic carbocycles. The molecule has 0 fully saturated rings. The maximum Gasteiger partial charge on any atom is 0.260 e. The quantitative estimate of drug-likeness (QED) is 0.886. The smallest absolute Gasteiger partial charge is 0.260 e. The number of hydrogen-bond acceptors (Lipinski definition) is 5. The lowest BCUT2D eigenvalue weighted by molar-refractivity contribution is -0.117. The normalized spacial score (nSPS) is 17.1. The Kier molecular flexibility index (Phi) is 3.75. The maximum absolute atomic E-state index is 12.0. The summed E-state index contributed by atoms with van der Waals surface area (Å²) in [5, 5.41) is 6.76. The van der Waals surface area contributed by atoms with Gasteiger partial charge in [0.05, 0.1) is 6.20 Å². The van der Waals surface area contributed by atoms with E-state index in [1.807, 2.05) is 18.2 Å². The number of aromatic nitrogens is 1. The number of rotatable bonds is 5. The van der Waals surface area contributed by atoms with Crippen molar-refractivity contribution >= 4 is 23.4 Å². The van der Waals surface area contributed by atoms with Gasteiger partial charge in [-0.05, 0) is 36.9 Å². The zero-order valence-electron chi connectivity index (χ0n) is 11.1. The van der Waals surface area contributed by atoms with Crippen molar-refractivity contribution < 1.29 is 9.21 Å². The topological polar surface area (TPSA) is 67.2 Å². The average molecular weight is 289 g/mol. The number of hydrogen-bond donors (Lipinski definition) is 2. The number of carbonyl (C=O) groups excluding carboxylic acids is 1. The van der Waals surface area contributed by atoms with E-state index in [0.29, 0.717) is 5.22 Å². The summed E-state index contributed by atoms with van der Waals surface area (Å²) < 4.78 is 5.20. The first kappa shape index (κ1) is 13.2. The van der Waals surface area contributed by atoms with Gasteiger partial charge in [-0.25, -0.2) is 4.98 Å². The second-order valence-corrected chi connectivity index (χ2v) is 5.55. The Morgan fingerprint density at radius 3 is 3.15 bits per heavy atom. The van der Waals surface area contributed by atoms with Crippen molar-refractivity contribution in [3.05, 3.63) is 36.2 Å². The molecule has 0 radical (unpaired) electrons. The highest BCUT2D eigenvalue weighted by Crippen LogP contribution is 2.36. The lowest BCUT2D eigenvalue weighted by atomic mass is 10.1. The van der Waals surface area contributed by atoms with Crippen LogP contribution in [-0.2, 0) is 4.79 Å². The van der Waals surface area contributed by atoms with Crippen LogP contribution in [0.25, 0.3) is 0 Å². The highest BCUT2D eigenvalue weighted by Gasteiger charge is 2.29. The van der Waals surface area contributed by atoms with E-state index in [1.165, 1.54) is 11.8 Å². The third-order valence-corrected chi connectivity index (χ3v) is 3.93. The van der Waals surface area contributed by atoms with E-state index in [0.717, 1.165) is 29.1 Å². The Morgan fingerprint density at radius 1 is 1.50 bits per heavy atom. The molecule has 104 valence electrons. The molecule has 1 aliphatic rings. The molecular weight excluding hydrogens is 274 g/mol. The number of nitrogens with zero attached hydrogens (tertiary/aromatic N) is 1. The molecule has 1 atom stereocenters. The van der Waals surface area contributed by atoms with E-state index in [2.05, 4.69) is 22.5 Å². The molecule has 20 heavy (non-hydrogen) atoms. The number of oxazole rings is 1. The Balaban J connectivity index is 1.80. The van der Waals surface area contributed by atoms with Crippen LogP contribution < -0.4 is 10.6 Å². The predicted molar refractivity (Wildman–Crippen MR) is 76.7 cm³/mol. The Bertz CT molecular complexity index is 613. The zero-order chi connectivity index (χ0) is 13.9. The fourth-order valence-corrected chi connectivity index (χ4v) is 2.89. The van der Waals surface area contributed by atoms with Gasteiger partial charge < -0.3 is 15.1 Å². The lowest BCUT2D eigenvalue weighted by Gasteiger charge is -2.10. The van der Waals surface area contributed by atoms with Crippen LogP contribution in [0, 0.1) is 0 Å². The van der Waals surface area contributed by atoms with Crippen molar-refractivity contribution in [3.8, 4) is 0 Å². The molecule has 2 heterocycles. The molecule has 2 N–H and O–H groups in total. The molecule has 2 aromatic rings. The van der Waals surface area contributed by atoms with Crippen molar-refractivity contribution in [1.29, 1.82) is 0 Å². The Morgan fingerprint density at radius 2 is 2.40 bits per heavy atom. The molecule has 1 aromatic heterocycles. The number of carbonyl (C=O) groups is 1. The van der Waals surface area contributed by atoms with E-state index in [9.17, 15) is 4.79 Å². The molecule has 0 bridgehead atoms. The summed E-state index contributed by atoms with van der Waals surface area (Å²) in [6.07, 6.45) is 4.15. The third-order valence-electron chi connectivity index (χ3n) is 3.07. The summed E-state index contributed by atoms with van der Waals surface area (Å²) >= 11 is 1.43. The second-order valence-electron chi connectivity index (χ2n) is 4.53. The minimum Gasteiger partial charge on any atom is -0.440 e. The van der Waals surface area contributed by atoms with Gasteiger partial charge in [-0.2, -0.15) is 0 Å². The fourth-order valence-electron chi connectivity index (χ4n) is 2.16. The lowest BCUT2D eigenvalue weighted by Crippen LogP contribution is -2.27. The van der Waals surface area contributed by atoms with Crippen molar-refractivity contribution in [2.45, 2.75) is 29.5 Å². The minimum atomic E-state index is -0.245. The second kappa shape index (κ2) is 5.68. The van der Waals surface area contributed by atoms with Crippen LogP contribution in [0.5, 0.6) is 0 Å². The van der Waals surface area contributed by atoms with Crippen LogP contribution in [0.4, 0.5) is 5.69 Å². The molecule has 0 saturated carbocycles. The SMILES string of the molecule is CCCNC1C(=O)Nc2cc(Sc3ncco3)ccc21. The van der Waals surface area contributed by atoms with Crippen molar-refractivity contribution in [2.24, 2.45) is 0 Å². The summed E-state index contributed by atoms with van der Waals surface area (Å²) in [6, 6.07) is 5.67. The number of benzene rings is 1. The summed E-state index contributed by atoms with van der Waals surface area (Å²) in [6.45, 7) is 2.90. The van der Waals surface area contributed by atoms with Gasteiger partial charge in [0.15, 0.2) is 0 Å². The first-order valence-electron chi connectivity index (χ1n) is 6.53. The van der Waals surface area contributed by atoms with Crippen molar-refractivity contribution in [3.63, 3.8) is 0 Å². The predicted octanol–water partition coefficient (Wildman–Crippen LogP) is 2.82. The molecule has 1 unspecified atom stereocenters. The Hall–Kier alpha value is -1.79. The standard InChI is InChI=1S/C14H15N3O2S/c1-2-5-15-12-10-4-3-9(8-11(10)17-13(12)18)20-14-16-6-7-19-14/h3-4,6-8,12,15H,2,5H2,1H3,(H,17,18). The summed E-state index contributed by atoms with van der Waals surface area (Å²) in [5.74, 6) is 0.00623. The van der Waals surface area contributed by atoms with Crippen LogP contribution in [0.1, 0.15) is 24.9 Å². The van der Waals surface area contributed by atoms with Crippen LogP contribution in [0.15, 0.2) is 45.2 Å². The van der Waals surface area contributed by atoms with Gasteiger partial charge in [-0.3, -0.25) is 4.79 Å². The first-order valence-corrected chi connectivity index (χ1v) is 7.35. The molecule has 1 aliphatic heterocycles. The molecule has 6 heteroatoms. The average Bonchev–Trinajstić information content (AvgIpc) is 3.03. The van der Waals surface area contributed by atoms with Crippen LogP contribution >= 0.6 is 11.8 Å². The Labute approximate surface area is 121 Å². The van der Waals surface area contributed by atoms with Crippen molar-refractivity contribution in [2.75, 3.05) is 11.9 Å². The van der Waals surface area contributed by atoms with Gasteiger partial charge in [0.25, 0.3) is 5.22 Å². The van der Waals surface area contributed by atoms with Gasteiger partial charge in [0.2, 0.25) is 5.91 Å². The molecule has 5 nitrogen and oxygen atoms in total. The van der Waals surface area contributed by atoms with Crippen molar-refractivity contribution in [1.82, 2.24) is 10.3 Å². The third kappa shape index (κ3) is 2.57. The maximum atomic E-state index is 12.0. The van der Waals surface area contributed by atoms with Crippen LogP contribution in [-0.4, -0.2) is 17.4 Å². The summed E-state index contributed by atoms with van der Waals surface area (Å²) in [7, 11) is 0. The fraction of sp³-hybridized carbons (Fsp3) is 0.286. The van der Waals surface area contributed by atoms with Crippen LogP contribution in [0.2, 0.25) is 0 Å². The first-order chi connectivity index (χ1) is 9.78. The molecule has 0 saturated heterocycles. The largest absolute Gasteiger partial charge is 0.440 e. The zero-order valence-corrected chi connectivity index (χ0v) is 11.9. The minimum absolute atomic E-state index is 0.00623. The van der Waals surface area contributed by atoms with Gasteiger partial charge in [0, 0.05) is 16.1 Å². The summed E-state index contributed by atoms with van der Waals surface area (Å²) in [4.78, 5) is 17.0. The highest BCUT2D eigenvalue weighted by atomic mass is 32.2. The van der Waals surface area contributed by atoms with Gasteiger partial charge in [0.1, 0.15) is 12.3 Å². The molecule has 0 aliphatic carbocycles. The van der Waals surface area contributed by atoms with E-state index in [4.69, 9.17) is 4.42 Å². The number of nitrogens with one attached hydrogen (secondary N) is 2. The van der Waals surface area contributed by atoms with Gasteiger partial charge in [-0.1, -0.05) is 13.0 Å². The van der Waals surface area contributed by atoms with Gasteiger partial charge >= 0.3 is 0 Å². The van der Waals surface area contributed by atoms with E-state index < -0.39 is 0 Å². The number of amides is 1. The van der Waals surface area contributed by atoms with Crippen LogP contribution in [0.3, 0.4) is 0 Å². The van der Waals surface area contributed by atoms with Gasteiger partial charge in [-0.15, -0.1) is 0 Å². The van der Waals surface area contributed by atoms with E-state index in [-0.39, 0.29) is 11.9 Å². The molecule has 3 rings (SSSR count). The van der Waals surface area contributed by atoms with E-state index in [1.54, 1.807) is 12.5 Å². The molecular formula is C14H15N3O2S. The summed E-state index contributed by atoms with van der Waals surface area (Å²) in [5.41, 5.74) is 1.86. The monoisotopic (exact) mass is 289 g/mol. The highest BCUT2D eigenvalue weighted by molar-refractivity contribution is 7.99. The number of anilines is 1. The number of fused-ring (bicyclic) bond motifs is 1. The molecule has 0 spiro atoms.